The standard InChI is InChI=1S/C16H12ClF3N2O3/c17-12-3-7-13(8-4-12)24-10-15(23)22-21-9-11-1-5-14(6-2-11)25-16(18,19)20/h1-9H,10H2,(H,22,23)/b21-9+. The van der Waals surface area contributed by atoms with Crippen LogP contribution in [0.25, 0.3) is 0 Å². The average molecular weight is 373 g/mol. The van der Waals surface area contributed by atoms with Crippen molar-refractivity contribution in [3.63, 3.8) is 0 Å². The molecule has 132 valence electrons. The summed E-state index contributed by atoms with van der Waals surface area (Å²) in [5, 5.41) is 4.23. The van der Waals surface area contributed by atoms with Crippen LogP contribution in [0.3, 0.4) is 0 Å². The Morgan fingerprint density at radius 1 is 1.08 bits per heavy atom. The summed E-state index contributed by atoms with van der Waals surface area (Å²) in [5.74, 6) is -0.364. The number of benzene rings is 2. The SMILES string of the molecule is O=C(COc1ccc(Cl)cc1)N/N=C/c1ccc(OC(F)(F)F)cc1. The molecule has 0 atom stereocenters. The zero-order valence-corrected chi connectivity index (χ0v) is 13.3. The van der Waals surface area contributed by atoms with E-state index in [-0.39, 0.29) is 12.4 Å². The van der Waals surface area contributed by atoms with E-state index in [4.69, 9.17) is 16.3 Å². The predicted molar refractivity (Wildman–Crippen MR) is 85.8 cm³/mol. The van der Waals surface area contributed by atoms with E-state index < -0.39 is 12.3 Å². The third kappa shape index (κ3) is 7.13. The molecular formula is C16H12ClF3N2O3. The number of hydrogen-bond donors (Lipinski definition) is 1. The van der Waals surface area contributed by atoms with Gasteiger partial charge in [-0.1, -0.05) is 11.6 Å². The summed E-state index contributed by atoms with van der Waals surface area (Å²) in [6.45, 7) is -0.253. The number of halogens is 4. The summed E-state index contributed by atoms with van der Waals surface area (Å²) < 4.78 is 45.1. The molecule has 25 heavy (non-hydrogen) atoms. The number of hydrogen-bond acceptors (Lipinski definition) is 4. The maximum Gasteiger partial charge on any atom is 0.573 e. The molecule has 1 N–H and O–H groups in total. The van der Waals surface area contributed by atoms with Gasteiger partial charge < -0.3 is 9.47 Å². The van der Waals surface area contributed by atoms with E-state index in [9.17, 15) is 18.0 Å². The fourth-order valence-electron chi connectivity index (χ4n) is 1.65. The molecule has 5 nitrogen and oxygen atoms in total. The summed E-state index contributed by atoms with van der Waals surface area (Å²) >= 11 is 5.72. The van der Waals surface area contributed by atoms with Crippen molar-refractivity contribution in [2.45, 2.75) is 6.36 Å². The molecule has 2 rings (SSSR count). The quantitative estimate of drug-likeness (QED) is 0.620. The first-order valence-corrected chi connectivity index (χ1v) is 7.26. The minimum Gasteiger partial charge on any atom is -0.484 e. The molecule has 0 saturated carbocycles. The van der Waals surface area contributed by atoms with Crippen LogP contribution < -0.4 is 14.9 Å². The molecule has 0 fully saturated rings. The van der Waals surface area contributed by atoms with Crippen LogP contribution >= 0.6 is 11.6 Å². The fraction of sp³-hybridized carbons (Fsp3) is 0.125. The number of carbonyl (C=O) groups is 1. The van der Waals surface area contributed by atoms with Gasteiger partial charge in [0.05, 0.1) is 6.21 Å². The van der Waals surface area contributed by atoms with Crippen LogP contribution in [0.15, 0.2) is 53.6 Å². The van der Waals surface area contributed by atoms with Crippen molar-refractivity contribution in [2.75, 3.05) is 6.61 Å². The number of rotatable bonds is 6. The second-order valence-electron chi connectivity index (χ2n) is 4.65. The second kappa shape index (κ2) is 8.39. The van der Waals surface area contributed by atoms with Crippen molar-refractivity contribution >= 4 is 23.7 Å². The predicted octanol–water partition coefficient (Wildman–Crippen LogP) is 3.77. The van der Waals surface area contributed by atoms with Crippen molar-refractivity contribution in [2.24, 2.45) is 5.10 Å². The van der Waals surface area contributed by atoms with Crippen LogP contribution in [0.5, 0.6) is 11.5 Å². The Labute approximate surface area is 146 Å². The summed E-state index contributed by atoms with van der Waals surface area (Å²) in [5.41, 5.74) is 2.71. The third-order valence-corrected chi connectivity index (χ3v) is 2.95. The largest absolute Gasteiger partial charge is 0.573 e. The second-order valence-corrected chi connectivity index (χ2v) is 5.09. The maximum atomic E-state index is 12.0. The Bertz CT molecular complexity index is 732. The lowest BCUT2D eigenvalue weighted by molar-refractivity contribution is -0.274. The zero-order valence-electron chi connectivity index (χ0n) is 12.6. The molecule has 0 spiro atoms. The highest BCUT2D eigenvalue weighted by Crippen LogP contribution is 2.22. The van der Waals surface area contributed by atoms with E-state index in [1.807, 2.05) is 0 Å². The molecule has 0 aliphatic carbocycles. The minimum absolute atomic E-state index is 0.253. The highest BCUT2D eigenvalue weighted by Gasteiger charge is 2.30. The summed E-state index contributed by atoms with van der Waals surface area (Å²) in [6, 6.07) is 11.5. The number of nitrogens with zero attached hydrogens (tertiary/aromatic N) is 1. The number of carbonyl (C=O) groups excluding carboxylic acids is 1. The van der Waals surface area contributed by atoms with Crippen molar-refractivity contribution in [3.8, 4) is 11.5 Å². The lowest BCUT2D eigenvalue weighted by atomic mass is 10.2. The van der Waals surface area contributed by atoms with Gasteiger partial charge in [0, 0.05) is 5.02 Å². The summed E-state index contributed by atoms with van der Waals surface area (Å²) in [4.78, 5) is 11.6. The van der Waals surface area contributed by atoms with Crippen molar-refractivity contribution < 1.29 is 27.4 Å². The van der Waals surface area contributed by atoms with E-state index in [0.717, 1.165) is 12.1 Å². The van der Waals surface area contributed by atoms with Gasteiger partial charge in [-0.2, -0.15) is 5.10 Å². The van der Waals surface area contributed by atoms with Gasteiger partial charge in [0.1, 0.15) is 11.5 Å². The molecule has 0 aromatic heterocycles. The molecule has 9 heteroatoms. The third-order valence-electron chi connectivity index (χ3n) is 2.70. The first-order chi connectivity index (χ1) is 11.8. The van der Waals surface area contributed by atoms with Gasteiger partial charge in [-0.15, -0.1) is 13.2 Å². The molecule has 2 aromatic rings. The average Bonchev–Trinajstić information content (AvgIpc) is 2.55. The molecule has 0 bridgehead atoms. The molecule has 1 amide bonds. The van der Waals surface area contributed by atoms with Crippen molar-refractivity contribution in [1.82, 2.24) is 5.43 Å². The number of hydrazone groups is 1. The van der Waals surface area contributed by atoms with Crippen LogP contribution in [0, 0.1) is 0 Å². The normalized spacial score (nSPS) is 11.4. The van der Waals surface area contributed by atoms with Gasteiger partial charge in [-0.05, 0) is 54.1 Å². The fourth-order valence-corrected chi connectivity index (χ4v) is 1.77. The monoisotopic (exact) mass is 372 g/mol. The number of alkyl halides is 3. The first-order valence-electron chi connectivity index (χ1n) is 6.88. The van der Waals surface area contributed by atoms with E-state index in [1.54, 1.807) is 24.3 Å². The van der Waals surface area contributed by atoms with Crippen LogP contribution in [-0.2, 0) is 4.79 Å². The first kappa shape index (κ1) is 18.6. The molecular weight excluding hydrogens is 361 g/mol. The van der Waals surface area contributed by atoms with Gasteiger partial charge in [0.2, 0.25) is 0 Å². The number of nitrogens with one attached hydrogen (secondary N) is 1. The van der Waals surface area contributed by atoms with Crippen molar-refractivity contribution in [1.29, 1.82) is 0 Å². The summed E-state index contributed by atoms with van der Waals surface area (Å²) in [7, 11) is 0. The van der Waals surface area contributed by atoms with Crippen LogP contribution in [0.1, 0.15) is 5.56 Å². The molecule has 0 radical (unpaired) electrons. The van der Waals surface area contributed by atoms with E-state index in [1.165, 1.54) is 18.3 Å². The highest BCUT2D eigenvalue weighted by molar-refractivity contribution is 6.30. The zero-order chi connectivity index (χ0) is 18.3. The smallest absolute Gasteiger partial charge is 0.484 e. The van der Waals surface area contributed by atoms with Gasteiger partial charge in [-0.3, -0.25) is 4.79 Å². The molecule has 0 saturated heterocycles. The van der Waals surface area contributed by atoms with E-state index in [0.29, 0.717) is 16.3 Å². The lowest BCUT2D eigenvalue weighted by Gasteiger charge is -2.08. The van der Waals surface area contributed by atoms with Crippen LogP contribution in [0.4, 0.5) is 13.2 Å². The Balaban J connectivity index is 1.77. The van der Waals surface area contributed by atoms with E-state index in [2.05, 4.69) is 15.3 Å². The minimum atomic E-state index is -4.74. The molecule has 0 heterocycles. The Kier molecular flexibility index (Phi) is 6.24. The lowest BCUT2D eigenvalue weighted by Crippen LogP contribution is -2.24. The Morgan fingerprint density at radius 2 is 1.68 bits per heavy atom. The van der Waals surface area contributed by atoms with Gasteiger partial charge in [0.15, 0.2) is 6.61 Å². The molecule has 0 unspecified atom stereocenters. The number of amides is 1. The van der Waals surface area contributed by atoms with Gasteiger partial charge in [0.25, 0.3) is 5.91 Å². The molecule has 2 aromatic carbocycles. The van der Waals surface area contributed by atoms with Gasteiger partial charge >= 0.3 is 6.36 Å². The molecule has 0 aliphatic rings. The topological polar surface area (TPSA) is 59.9 Å². The Hall–Kier alpha value is -2.74. The van der Waals surface area contributed by atoms with Crippen molar-refractivity contribution in [3.05, 3.63) is 59.1 Å². The maximum absolute atomic E-state index is 12.0. The van der Waals surface area contributed by atoms with Crippen LogP contribution in [0.2, 0.25) is 5.02 Å². The van der Waals surface area contributed by atoms with Crippen LogP contribution in [-0.4, -0.2) is 25.1 Å². The number of ether oxygens (including phenoxy) is 2. The van der Waals surface area contributed by atoms with E-state index >= 15 is 0 Å². The summed E-state index contributed by atoms with van der Waals surface area (Å²) in [6.07, 6.45) is -3.47. The highest BCUT2D eigenvalue weighted by atomic mass is 35.5. The molecule has 0 aliphatic heterocycles. The Morgan fingerprint density at radius 3 is 2.28 bits per heavy atom. The van der Waals surface area contributed by atoms with Gasteiger partial charge in [-0.25, -0.2) is 5.43 Å².